The normalized spacial score (nSPS) is 16.0. The second kappa shape index (κ2) is 6.07. The Morgan fingerprint density at radius 2 is 2.21 bits per heavy atom. The fraction of sp³-hybridized carbons (Fsp3) is 0.412. The van der Waals surface area contributed by atoms with Crippen LogP contribution >= 0.6 is 0 Å². The summed E-state index contributed by atoms with van der Waals surface area (Å²) < 4.78 is 5.18. The lowest BCUT2D eigenvalue weighted by Gasteiger charge is -2.31. The lowest BCUT2D eigenvalue weighted by Crippen LogP contribution is -2.37. The first-order valence-electron chi connectivity index (χ1n) is 8.28. The zero-order valence-corrected chi connectivity index (χ0v) is 13.5. The molecule has 4 rings (SSSR count). The van der Waals surface area contributed by atoms with Gasteiger partial charge in [0.2, 0.25) is 0 Å². The van der Waals surface area contributed by atoms with Gasteiger partial charge in [0, 0.05) is 25.5 Å². The van der Waals surface area contributed by atoms with Crippen molar-refractivity contribution < 1.29 is 9.32 Å². The van der Waals surface area contributed by atoms with Gasteiger partial charge in [0.25, 0.3) is 11.6 Å². The first kappa shape index (κ1) is 14.9. The summed E-state index contributed by atoms with van der Waals surface area (Å²) >= 11 is 0. The number of hydrogen-bond acceptors (Lipinski definition) is 5. The molecule has 0 spiro atoms. The van der Waals surface area contributed by atoms with E-state index in [0.29, 0.717) is 17.2 Å². The number of H-pyrrole nitrogens is 1. The molecular weight excluding hydrogens is 306 g/mol. The molecule has 0 radical (unpaired) electrons. The average molecular weight is 325 g/mol. The van der Waals surface area contributed by atoms with E-state index in [9.17, 15) is 4.79 Å². The van der Waals surface area contributed by atoms with E-state index in [1.54, 1.807) is 6.20 Å². The number of hydrogen-bond donors (Lipinski definition) is 1. The Bertz CT molecular complexity index is 847. The summed E-state index contributed by atoms with van der Waals surface area (Å²) in [7, 11) is 0. The first-order chi connectivity index (χ1) is 11.8. The molecule has 0 aromatic carbocycles. The quantitative estimate of drug-likeness (QED) is 0.799. The molecule has 0 bridgehead atoms. The maximum Gasteiger partial charge on any atom is 0.257 e. The third kappa shape index (κ3) is 2.55. The highest BCUT2D eigenvalue weighted by Gasteiger charge is 2.25. The van der Waals surface area contributed by atoms with Gasteiger partial charge in [0.15, 0.2) is 0 Å². The molecule has 1 saturated heterocycles. The van der Waals surface area contributed by atoms with E-state index in [1.807, 2.05) is 30.3 Å². The maximum atomic E-state index is 12.8. The van der Waals surface area contributed by atoms with Gasteiger partial charge in [0.05, 0.1) is 22.8 Å². The number of amides is 1. The molecule has 124 valence electrons. The number of rotatable bonds is 3. The molecule has 0 saturated carbocycles. The average Bonchev–Trinajstić information content (AvgIpc) is 3.30. The lowest BCUT2D eigenvalue weighted by molar-refractivity contribution is 0.0713. The van der Waals surface area contributed by atoms with E-state index in [0.717, 1.165) is 43.4 Å². The molecule has 3 aromatic rings. The molecule has 0 atom stereocenters. The third-order valence-electron chi connectivity index (χ3n) is 4.76. The van der Waals surface area contributed by atoms with Gasteiger partial charge in [-0.05, 0) is 36.8 Å². The second-order valence-corrected chi connectivity index (χ2v) is 6.16. The minimum atomic E-state index is 0.0262. The van der Waals surface area contributed by atoms with Gasteiger partial charge in [-0.1, -0.05) is 12.1 Å². The van der Waals surface area contributed by atoms with Crippen molar-refractivity contribution in [2.24, 2.45) is 0 Å². The molecule has 24 heavy (non-hydrogen) atoms. The number of nitrogens with zero attached hydrogens (tertiary/aromatic N) is 4. The summed E-state index contributed by atoms with van der Waals surface area (Å²) in [6, 6.07) is 1.85. The molecule has 3 aromatic heterocycles. The highest BCUT2D eigenvalue weighted by Crippen LogP contribution is 2.28. The molecule has 7 heteroatoms. The van der Waals surface area contributed by atoms with E-state index in [-0.39, 0.29) is 5.91 Å². The molecule has 1 aliphatic heterocycles. The van der Waals surface area contributed by atoms with Gasteiger partial charge in [-0.25, -0.2) is 4.98 Å². The molecular formula is C17H19N5O2. The Hall–Kier alpha value is -2.70. The molecule has 1 fully saturated rings. The molecule has 7 nitrogen and oxygen atoms in total. The van der Waals surface area contributed by atoms with Crippen LogP contribution in [0.3, 0.4) is 0 Å². The number of piperidine rings is 1. The van der Waals surface area contributed by atoms with Crippen molar-refractivity contribution in [2.45, 2.75) is 32.1 Å². The van der Waals surface area contributed by atoms with Crippen molar-refractivity contribution in [3.05, 3.63) is 41.5 Å². The Kier molecular flexibility index (Phi) is 3.76. The van der Waals surface area contributed by atoms with Crippen LogP contribution < -0.4 is 0 Å². The zero-order chi connectivity index (χ0) is 16.5. The fourth-order valence-corrected chi connectivity index (χ4v) is 3.33. The topological polar surface area (TPSA) is 87.9 Å². The van der Waals surface area contributed by atoms with Gasteiger partial charge in [0.1, 0.15) is 0 Å². The van der Waals surface area contributed by atoms with Crippen LogP contribution in [0.5, 0.6) is 0 Å². The van der Waals surface area contributed by atoms with Crippen LogP contribution in [0, 0.1) is 0 Å². The number of fused-ring (bicyclic) bond motifs is 1. The number of likely N-dealkylation sites (tertiary alicyclic amines) is 1. The number of aryl methyl sites for hydroxylation is 1. The summed E-state index contributed by atoms with van der Waals surface area (Å²) in [6.45, 7) is 3.50. The van der Waals surface area contributed by atoms with Gasteiger partial charge in [-0.2, -0.15) is 5.10 Å². The van der Waals surface area contributed by atoms with Crippen LogP contribution in [0.25, 0.3) is 11.1 Å². The first-order valence-corrected chi connectivity index (χ1v) is 8.28. The fourth-order valence-electron chi connectivity index (χ4n) is 3.33. The molecule has 0 aliphatic carbocycles. The highest BCUT2D eigenvalue weighted by molar-refractivity contribution is 5.97. The maximum absolute atomic E-state index is 12.8. The van der Waals surface area contributed by atoms with E-state index in [4.69, 9.17) is 4.52 Å². The van der Waals surface area contributed by atoms with Crippen LogP contribution in [-0.4, -0.2) is 44.2 Å². The van der Waals surface area contributed by atoms with E-state index in [1.165, 1.54) is 5.56 Å². The number of nitrogens with one attached hydrogen (secondary N) is 1. The third-order valence-corrected chi connectivity index (χ3v) is 4.76. The Morgan fingerprint density at radius 1 is 1.38 bits per heavy atom. The Balaban J connectivity index is 1.50. The summed E-state index contributed by atoms with van der Waals surface area (Å²) in [4.78, 5) is 18.9. The zero-order valence-electron chi connectivity index (χ0n) is 13.5. The van der Waals surface area contributed by atoms with Crippen molar-refractivity contribution in [3.63, 3.8) is 0 Å². The summed E-state index contributed by atoms with van der Waals surface area (Å²) in [5.41, 5.74) is 3.15. The van der Waals surface area contributed by atoms with Crippen LogP contribution in [-0.2, 0) is 6.42 Å². The van der Waals surface area contributed by atoms with Gasteiger partial charge in [-0.15, -0.1) is 0 Å². The van der Waals surface area contributed by atoms with Crippen molar-refractivity contribution in [3.8, 4) is 0 Å². The largest absolute Gasteiger partial charge is 0.339 e. The smallest absolute Gasteiger partial charge is 0.257 e. The number of carbonyl (C=O) groups is 1. The SMILES string of the molecule is CCc1noc2ncc(C(=O)N3CCC(c4cn[nH]c4)CC3)cc12. The predicted molar refractivity (Wildman–Crippen MR) is 87.6 cm³/mol. The predicted octanol–water partition coefficient (Wildman–Crippen LogP) is 2.53. The highest BCUT2D eigenvalue weighted by atomic mass is 16.5. The molecule has 0 unspecified atom stereocenters. The molecule has 4 heterocycles. The number of aromatic nitrogens is 4. The van der Waals surface area contributed by atoms with Crippen molar-refractivity contribution in [1.29, 1.82) is 0 Å². The van der Waals surface area contributed by atoms with Gasteiger partial charge in [-0.3, -0.25) is 9.89 Å². The number of carbonyl (C=O) groups excluding carboxylic acids is 1. The summed E-state index contributed by atoms with van der Waals surface area (Å²) in [6.07, 6.45) is 8.05. The minimum absolute atomic E-state index is 0.0262. The van der Waals surface area contributed by atoms with Crippen molar-refractivity contribution in [1.82, 2.24) is 25.2 Å². The van der Waals surface area contributed by atoms with Gasteiger partial charge < -0.3 is 9.42 Å². The monoisotopic (exact) mass is 325 g/mol. The molecule has 1 aliphatic rings. The van der Waals surface area contributed by atoms with Crippen LogP contribution in [0.1, 0.15) is 47.3 Å². The van der Waals surface area contributed by atoms with Crippen LogP contribution in [0.15, 0.2) is 29.2 Å². The van der Waals surface area contributed by atoms with Crippen LogP contribution in [0.2, 0.25) is 0 Å². The minimum Gasteiger partial charge on any atom is -0.339 e. The number of pyridine rings is 1. The second-order valence-electron chi connectivity index (χ2n) is 6.16. The summed E-state index contributed by atoms with van der Waals surface area (Å²) in [5.74, 6) is 0.497. The summed E-state index contributed by atoms with van der Waals surface area (Å²) in [5, 5.41) is 11.7. The van der Waals surface area contributed by atoms with Crippen molar-refractivity contribution in [2.75, 3.05) is 13.1 Å². The van der Waals surface area contributed by atoms with E-state index < -0.39 is 0 Å². The standard InChI is InChI=1S/C17H19N5O2/c1-2-15-14-7-12(8-18-16(14)24-21-15)17(23)22-5-3-11(4-6-22)13-9-19-20-10-13/h7-11H,2-6H2,1H3,(H,19,20). The lowest BCUT2D eigenvalue weighted by atomic mass is 9.91. The van der Waals surface area contributed by atoms with E-state index >= 15 is 0 Å². The molecule has 1 N–H and O–H groups in total. The number of aromatic amines is 1. The Morgan fingerprint density at radius 3 is 2.92 bits per heavy atom. The Labute approximate surface area is 139 Å². The van der Waals surface area contributed by atoms with Crippen molar-refractivity contribution >= 4 is 17.0 Å². The van der Waals surface area contributed by atoms with Crippen LogP contribution in [0.4, 0.5) is 0 Å². The molecule has 1 amide bonds. The van der Waals surface area contributed by atoms with Gasteiger partial charge >= 0.3 is 0 Å². The van der Waals surface area contributed by atoms with E-state index in [2.05, 4.69) is 20.3 Å².